The van der Waals surface area contributed by atoms with Crippen molar-refractivity contribution in [1.29, 1.82) is 0 Å². The molecule has 0 radical (unpaired) electrons. The van der Waals surface area contributed by atoms with Gasteiger partial charge in [-0.3, -0.25) is 4.79 Å². The lowest BCUT2D eigenvalue weighted by molar-refractivity contribution is -0.124. The maximum Gasteiger partial charge on any atom is 0.245 e. The zero-order valence-electron chi connectivity index (χ0n) is 15.7. The molecule has 0 aliphatic carbocycles. The predicted octanol–water partition coefficient (Wildman–Crippen LogP) is 2.33. The third-order valence-electron chi connectivity index (χ3n) is 4.78. The standard InChI is InChI=1S/C19H21BrN2O5S/c1-21-19(23)15-8-12-6-4-5-7-13(12)11-22(15)28(24,25)18-10-17(27-3)16(26-2)9-14(18)20/h4-7,9-10,15H,8,11H2,1-3H3,(H,21,23). The van der Waals surface area contributed by atoms with Crippen LogP contribution in [-0.2, 0) is 27.8 Å². The van der Waals surface area contributed by atoms with E-state index in [0.717, 1.165) is 11.1 Å². The average molecular weight is 469 g/mol. The third kappa shape index (κ3) is 3.61. The van der Waals surface area contributed by atoms with Gasteiger partial charge in [0.15, 0.2) is 11.5 Å². The highest BCUT2D eigenvalue weighted by Crippen LogP contribution is 2.38. The number of hydrogen-bond donors (Lipinski definition) is 1. The van der Waals surface area contributed by atoms with Gasteiger partial charge in [0.1, 0.15) is 10.9 Å². The number of hydrogen-bond acceptors (Lipinski definition) is 5. The number of halogens is 1. The van der Waals surface area contributed by atoms with Gasteiger partial charge in [-0.15, -0.1) is 0 Å². The van der Waals surface area contributed by atoms with E-state index < -0.39 is 16.1 Å². The Morgan fingerprint density at radius 3 is 2.36 bits per heavy atom. The highest BCUT2D eigenvalue weighted by atomic mass is 79.9. The Bertz CT molecular complexity index is 1010. The molecule has 7 nitrogen and oxygen atoms in total. The van der Waals surface area contributed by atoms with Crippen molar-refractivity contribution in [2.75, 3.05) is 21.3 Å². The monoisotopic (exact) mass is 468 g/mol. The molecule has 2 aromatic rings. The van der Waals surface area contributed by atoms with Crippen LogP contribution in [0.1, 0.15) is 11.1 Å². The first-order valence-corrected chi connectivity index (χ1v) is 10.8. The van der Waals surface area contributed by atoms with Gasteiger partial charge in [-0.05, 0) is 39.5 Å². The van der Waals surface area contributed by atoms with Gasteiger partial charge < -0.3 is 14.8 Å². The second-order valence-electron chi connectivity index (χ2n) is 6.29. The van der Waals surface area contributed by atoms with Crippen LogP contribution in [0.3, 0.4) is 0 Å². The average Bonchev–Trinajstić information content (AvgIpc) is 2.71. The van der Waals surface area contributed by atoms with E-state index in [1.54, 1.807) is 6.07 Å². The van der Waals surface area contributed by atoms with E-state index in [2.05, 4.69) is 21.2 Å². The maximum atomic E-state index is 13.5. The number of methoxy groups -OCH3 is 2. The lowest BCUT2D eigenvalue weighted by Gasteiger charge is -2.35. The molecule has 1 unspecified atom stereocenters. The summed E-state index contributed by atoms with van der Waals surface area (Å²) in [5.74, 6) is 0.341. The molecule has 0 spiro atoms. The second-order valence-corrected chi connectivity index (χ2v) is 9.00. The minimum absolute atomic E-state index is 0.0124. The molecule has 1 aliphatic heterocycles. The zero-order valence-corrected chi connectivity index (χ0v) is 18.1. The van der Waals surface area contributed by atoms with Gasteiger partial charge in [0, 0.05) is 24.1 Å². The number of amides is 1. The lowest BCUT2D eigenvalue weighted by Crippen LogP contribution is -2.51. The zero-order chi connectivity index (χ0) is 20.5. The quantitative estimate of drug-likeness (QED) is 0.727. The van der Waals surface area contributed by atoms with E-state index in [1.165, 1.54) is 31.6 Å². The first kappa shape index (κ1) is 20.6. The number of nitrogens with zero attached hydrogens (tertiary/aromatic N) is 1. The summed E-state index contributed by atoms with van der Waals surface area (Å²) in [6.07, 6.45) is 0.306. The van der Waals surface area contributed by atoms with Crippen LogP contribution in [0, 0.1) is 0 Å². The topological polar surface area (TPSA) is 84.9 Å². The van der Waals surface area contributed by atoms with Gasteiger partial charge in [-0.2, -0.15) is 4.31 Å². The molecule has 0 fully saturated rings. The molecule has 1 heterocycles. The van der Waals surface area contributed by atoms with Gasteiger partial charge in [-0.1, -0.05) is 24.3 Å². The van der Waals surface area contributed by atoms with Gasteiger partial charge in [0.2, 0.25) is 15.9 Å². The van der Waals surface area contributed by atoms with Crippen molar-refractivity contribution in [3.63, 3.8) is 0 Å². The number of carbonyl (C=O) groups is 1. The molecule has 2 aromatic carbocycles. The Hall–Kier alpha value is -2.10. The Balaban J connectivity index is 2.12. The Morgan fingerprint density at radius 1 is 1.14 bits per heavy atom. The Morgan fingerprint density at radius 2 is 1.75 bits per heavy atom. The fourth-order valence-corrected chi connectivity index (χ4v) is 5.87. The summed E-state index contributed by atoms with van der Waals surface area (Å²) in [5.41, 5.74) is 1.84. The molecular formula is C19H21BrN2O5S. The fourth-order valence-electron chi connectivity index (χ4n) is 3.30. The maximum absolute atomic E-state index is 13.5. The Kier molecular flexibility index (Phi) is 5.97. The Labute approximate surface area is 172 Å². The molecule has 0 bridgehead atoms. The van der Waals surface area contributed by atoms with Crippen LogP contribution >= 0.6 is 15.9 Å². The molecule has 1 atom stereocenters. The summed E-state index contributed by atoms with van der Waals surface area (Å²) >= 11 is 3.32. The molecule has 1 N–H and O–H groups in total. The van der Waals surface area contributed by atoms with Crippen molar-refractivity contribution in [2.45, 2.75) is 23.9 Å². The van der Waals surface area contributed by atoms with Crippen LogP contribution < -0.4 is 14.8 Å². The fraction of sp³-hybridized carbons (Fsp3) is 0.316. The van der Waals surface area contributed by atoms with Crippen molar-refractivity contribution in [3.05, 3.63) is 52.0 Å². The number of carbonyl (C=O) groups excluding carboxylic acids is 1. The minimum Gasteiger partial charge on any atom is -0.493 e. The van der Waals surface area contributed by atoms with Gasteiger partial charge in [0.05, 0.1) is 14.2 Å². The smallest absolute Gasteiger partial charge is 0.245 e. The summed E-state index contributed by atoms with van der Waals surface area (Å²) in [5, 5.41) is 2.57. The molecule has 0 saturated heterocycles. The highest BCUT2D eigenvalue weighted by molar-refractivity contribution is 9.10. The summed E-state index contributed by atoms with van der Waals surface area (Å²) < 4.78 is 39.1. The van der Waals surface area contributed by atoms with E-state index in [4.69, 9.17) is 9.47 Å². The number of rotatable bonds is 5. The van der Waals surface area contributed by atoms with Gasteiger partial charge >= 0.3 is 0 Å². The SMILES string of the molecule is CNC(=O)C1Cc2ccccc2CN1S(=O)(=O)c1cc(OC)c(OC)cc1Br. The van der Waals surface area contributed by atoms with Crippen molar-refractivity contribution in [3.8, 4) is 11.5 Å². The predicted molar refractivity (Wildman–Crippen MR) is 108 cm³/mol. The number of benzene rings is 2. The molecule has 0 aromatic heterocycles. The first-order valence-electron chi connectivity index (χ1n) is 8.55. The third-order valence-corrected chi connectivity index (χ3v) is 7.59. The molecule has 9 heteroatoms. The van der Waals surface area contributed by atoms with E-state index >= 15 is 0 Å². The van der Waals surface area contributed by atoms with E-state index in [9.17, 15) is 13.2 Å². The molecule has 0 saturated carbocycles. The van der Waals surface area contributed by atoms with Gasteiger partial charge in [-0.25, -0.2) is 8.42 Å². The van der Waals surface area contributed by atoms with Crippen LogP contribution in [0.15, 0.2) is 45.8 Å². The van der Waals surface area contributed by atoms with Crippen molar-refractivity contribution >= 4 is 31.9 Å². The van der Waals surface area contributed by atoms with E-state index in [0.29, 0.717) is 16.6 Å². The van der Waals surface area contributed by atoms with Crippen LogP contribution in [-0.4, -0.2) is 45.9 Å². The number of fused-ring (bicyclic) bond motifs is 1. The van der Waals surface area contributed by atoms with Crippen LogP contribution in [0.2, 0.25) is 0 Å². The van der Waals surface area contributed by atoms with Crippen LogP contribution in [0.4, 0.5) is 0 Å². The van der Waals surface area contributed by atoms with Crippen molar-refractivity contribution in [2.24, 2.45) is 0 Å². The van der Waals surface area contributed by atoms with Gasteiger partial charge in [0.25, 0.3) is 0 Å². The van der Waals surface area contributed by atoms with Crippen LogP contribution in [0.25, 0.3) is 0 Å². The first-order chi connectivity index (χ1) is 13.3. The normalized spacial score (nSPS) is 16.9. The molecule has 28 heavy (non-hydrogen) atoms. The summed E-state index contributed by atoms with van der Waals surface area (Å²) in [7, 11) is 0.404. The summed E-state index contributed by atoms with van der Waals surface area (Å²) in [6.45, 7) is 0.109. The molecule has 1 amide bonds. The second kappa shape index (κ2) is 8.10. The lowest BCUT2D eigenvalue weighted by atomic mass is 9.95. The van der Waals surface area contributed by atoms with Crippen molar-refractivity contribution in [1.82, 2.24) is 9.62 Å². The number of likely N-dealkylation sites (N-methyl/N-ethyl adjacent to an activating group) is 1. The van der Waals surface area contributed by atoms with Crippen LogP contribution in [0.5, 0.6) is 11.5 Å². The molecular weight excluding hydrogens is 448 g/mol. The van der Waals surface area contributed by atoms with E-state index in [1.807, 2.05) is 24.3 Å². The largest absolute Gasteiger partial charge is 0.493 e. The molecule has 150 valence electrons. The minimum atomic E-state index is -4.01. The number of nitrogens with one attached hydrogen (secondary N) is 1. The highest BCUT2D eigenvalue weighted by Gasteiger charge is 2.40. The number of sulfonamides is 1. The summed E-state index contributed by atoms with van der Waals surface area (Å²) in [6, 6.07) is 9.64. The van der Waals surface area contributed by atoms with E-state index in [-0.39, 0.29) is 23.1 Å². The molecule has 1 aliphatic rings. The summed E-state index contributed by atoms with van der Waals surface area (Å²) in [4.78, 5) is 12.5. The van der Waals surface area contributed by atoms with Crippen molar-refractivity contribution < 1.29 is 22.7 Å². The number of ether oxygens (including phenoxy) is 2. The molecule has 3 rings (SSSR count).